The van der Waals surface area contributed by atoms with Gasteiger partial charge in [0.15, 0.2) is 0 Å². The Hall–Kier alpha value is -1.48. The Morgan fingerprint density at radius 3 is 2.34 bits per heavy atom. The number of halogens is 1. The predicted octanol–water partition coefficient (Wildman–Crippen LogP) is 3.56. The molecule has 0 aliphatic carbocycles. The van der Waals surface area contributed by atoms with Gasteiger partial charge in [-0.2, -0.15) is 0 Å². The molecule has 1 aromatic carbocycles. The lowest BCUT2D eigenvalue weighted by molar-refractivity contribution is -0.511. The van der Waals surface area contributed by atoms with E-state index >= 15 is 0 Å². The van der Waals surface area contributed by atoms with Gasteiger partial charge < -0.3 is 14.5 Å². The fourth-order valence-electron chi connectivity index (χ4n) is 4.76. The summed E-state index contributed by atoms with van der Waals surface area (Å²) in [6.45, 7) is 12.9. The van der Waals surface area contributed by atoms with E-state index in [1.54, 1.807) is 0 Å². The number of ether oxygens (including phenoxy) is 1. The Morgan fingerprint density at radius 2 is 1.66 bits per heavy atom. The van der Waals surface area contributed by atoms with Gasteiger partial charge in [0.1, 0.15) is 5.60 Å². The van der Waals surface area contributed by atoms with Crippen molar-refractivity contribution in [2.24, 2.45) is 0 Å². The highest BCUT2D eigenvalue weighted by molar-refractivity contribution is 6.31. The van der Waals surface area contributed by atoms with E-state index in [-0.39, 0.29) is 5.60 Å². The maximum absolute atomic E-state index is 6.14. The first-order valence-corrected chi connectivity index (χ1v) is 12.0. The zero-order valence-electron chi connectivity index (χ0n) is 19.1. The van der Waals surface area contributed by atoms with Gasteiger partial charge in [0.2, 0.25) is 5.79 Å². The van der Waals surface area contributed by atoms with Crippen LogP contribution >= 0.6 is 11.6 Å². The molecule has 0 amide bonds. The summed E-state index contributed by atoms with van der Waals surface area (Å²) < 4.78 is 6.05. The van der Waals surface area contributed by atoms with Crippen molar-refractivity contribution < 1.29 is 14.5 Å². The summed E-state index contributed by atoms with van der Waals surface area (Å²) in [7, 11) is 0. The molecule has 3 saturated heterocycles. The van der Waals surface area contributed by atoms with Gasteiger partial charge in [-0.05, 0) is 38.1 Å². The van der Waals surface area contributed by atoms with Crippen molar-refractivity contribution in [3.05, 3.63) is 35.5 Å². The second-order valence-corrected chi connectivity index (χ2v) is 10.2. The molecule has 3 aliphatic heterocycles. The van der Waals surface area contributed by atoms with Crippen LogP contribution in [0.3, 0.4) is 0 Å². The maximum atomic E-state index is 6.14. The van der Waals surface area contributed by atoms with Crippen LogP contribution < -0.4 is 4.90 Å². The summed E-state index contributed by atoms with van der Waals surface area (Å²) in [5.41, 5.74) is 1.85. The van der Waals surface area contributed by atoms with Gasteiger partial charge in [0.25, 0.3) is 0 Å². The summed E-state index contributed by atoms with van der Waals surface area (Å²) in [5.74, 6) is -0.546. The number of hydrogen-bond donors (Lipinski definition) is 0. The molecule has 8 heteroatoms. The minimum atomic E-state index is -0.546. The largest absolute Gasteiger partial charge is 0.368 e. The number of fused-ring (bicyclic) bond motifs is 1. The van der Waals surface area contributed by atoms with Crippen molar-refractivity contribution in [2.45, 2.75) is 38.1 Å². The van der Waals surface area contributed by atoms with Crippen molar-refractivity contribution >= 4 is 28.2 Å². The van der Waals surface area contributed by atoms with E-state index in [9.17, 15) is 0 Å². The summed E-state index contributed by atoms with van der Waals surface area (Å²) >= 11 is 6.14. The maximum Gasteiger partial charge on any atom is 0.204 e. The quantitative estimate of drug-likeness (QED) is 0.646. The van der Waals surface area contributed by atoms with Gasteiger partial charge in [0, 0.05) is 87.5 Å². The second-order valence-electron chi connectivity index (χ2n) is 9.79. The zero-order valence-corrected chi connectivity index (χ0v) is 19.8. The molecule has 2 aromatic rings. The first kappa shape index (κ1) is 22.3. The van der Waals surface area contributed by atoms with E-state index in [4.69, 9.17) is 26.1 Å². The highest BCUT2D eigenvalue weighted by Gasteiger charge is 2.44. The smallest absolute Gasteiger partial charge is 0.204 e. The Balaban J connectivity index is 1.08. The van der Waals surface area contributed by atoms with Crippen LogP contribution in [0.5, 0.6) is 0 Å². The monoisotopic (exact) mass is 460 g/mol. The summed E-state index contributed by atoms with van der Waals surface area (Å²) in [4.78, 5) is 23.3. The lowest BCUT2D eigenvalue weighted by Gasteiger charge is -2.46. The van der Waals surface area contributed by atoms with Crippen LogP contribution in [0.1, 0.15) is 26.7 Å². The van der Waals surface area contributed by atoms with Crippen molar-refractivity contribution in [2.75, 3.05) is 63.9 Å². The van der Waals surface area contributed by atoms with E-state index < -0.39 is 5.79 Å². The summed E-state index contributed by atoms with van der Waals surface area (Å²) in [6.07, 6.45) is 3.60. The number of rotatable bonds is 4. The topological polar surface area (TPSA) is 50.3 Å². The van der Waals surface area contributed by atoms with E-state index in [0.29, 0.717) is 6.61 Å². The number of piperazine rings is 1. The first-order chi connectivity index (χ1) is 15.4. The van der Waals surface area contributed by atoms with E-state index in [2.05, 4.69) is 31.8 Å². The molecule has 0 unspecified atom stereocenters. The van der Waals surface area contributed by atoms with Crippen LogP contribution in [0, 0.1) is 0 Å². The predicted molar refractivity (Wildman–Crippen MR) is 126 cm³/mol. The molecule has 1 aromatic heterocycles. The molecule has 0 radical (unpaired) electrons. The molecule has 7 nitrogen and oxygen atoms in total. The van der Waals surface area contributed by atoms with Gasteiger partial charge in [-0.1, -0.05) is 11.6 Å². The number of anilines is 1. The lowest BCUT2D eigenvalue weighted by Crippen LogP contribution is -2.55. The highest BCUT2D eigenvalue weighted by Crippen LogP contribution is 2.34. The van der Waals surface area contributed by atoms with Crippen LogP contribution in [0.25, 0.3) is 10.9 Å². The molecule has 4 heterocycles. The van der Waals surface area contributed by atoms with Gasteiger partial charge in [-0.3, -0.25) is 9.88 Å². The fraction of sp³-hybridized carbons (Fsp3) is 0.625. The van der Waals surface area contributed by atoms with Crippen molar-refractivity contribution in [1.82, 2.24) is 14.8 Å². The molecule has 0 atom stereocenters. The molecule has 174 valence electrons. The SMILES string of the molecule is CC1(C)COC2(CCN(CCN3CCN(c4ccnc5cc(Cl)ccc45)CC3)CC2)OO1. The molecule has 0 N–H and O–H groups in total. The second kappa shape index (κ2) is 9.05. The molecule has 3 aliphatic rings. The average Bonchev–Trinajstić information content (AvgIpc) is 2.81. The van der Waals surface area contributed by atoms with Gasteiger partial charge in [-0.25, -0.2) is 9.78 Å². The Labute approximate surface area is 195 Å². The number of likely N-dealkylation sites (tertiary alicyclic amines) is 1. The highest BCUT2D eigenvalue weighted by atomic mass is 35.5. The Kier molecular flexibility index (Phi) is 6.31. The van der Waals surface area contributed by atoms with Gasteiger partial charge in [-0.15, -0.1) is 0 Å². The van der Waals surface area contributed by atoms with Crippen LogP contribution in [0.2, 0.25) is 5.02 Å². The third-order valence-electron chi connectivity index (χ3n) is 6.85. The summed E-state index contributed by atoms with van der Waals surface area (Å²) in [5, 5.41) is 1.90. The number of nitrogens with zero attached hydrogens (tertiary/aromatic N) is 4. The molecule has 32 heavy (non-hydrogen) atoms. The average molecular weight is 461 g/mol. The van der Waals surface area contributed by atoms with Crippen molar-refractivity contribution in [3.8, 4) is 0 Å². The third-order valence-corrected chi connectivity index (χ3v) is 7.08. The molecule has 1 spiro atoms. The van der Waals surface area contributed by atoms with E-state index in [1.807, 2.05) is 32.2 Å². The van der Waals surface area contributed by atoms with Crippen LogP contribution in [-0.2, 0) is 14.5 Å². The Bertz CT molecular complexity index is 928. The van der Waals surface area contributed by atoms with E-state index in [0.717, 1.165) is 75.7 Å². The molecular formula is C24H33ClN4O3. The third kappa shape index (κ3) is 4.88. The minimum absolute atomic E-state index is 0.361. The van der Waals surface area contributed by atoms with E-state index in [1.165, 1.54) is 11.1 Å². The normalized spacial score (nSPS) is 24.3. The zero-order chi connectivity index (χ0) is 22.2. The Morgan fingerprint density at radius 1 is 0.938 bits per heavy atom. The van der Waals surface area contributed by atoms with Crippen LogP contribution in [-0.4, -0.2) is 85.1 Å². The number of pyridine rings is 1. The molecule has 0 bridgehead atoms. The van der Waals surface area contributed by atoms with Crippen molar-refractivity contribution in [3.63, 3.8) is 0 Å². The molecule has 5 rings (SSSR count). The molecular weight excluding hydrogens is 428 g/mol. The van der Waals surface area contributed by atoms with Crippen LogP contribution in [0.4, 0.5) is 5.69 Å². The fourth-order valence-corrected chi connectivity index (χ4v) is 4.93. The minimum Gasteiger partial charge on any atom is -0.368 e. The molecule has 3 fully saturated rings. The van der Waals surface area contributed by atoms with Crippen LogP contribution in [0.15, 0.2) is 30.5 Å². The standard InChI is InChI=1S/C24H33ClN4O3/c1-23(2)18-30-24(32-31-23)6-9-27(10-7-24)11-12-28-13-15-29(16-14-28)22-5-8-26-21-17-19(25)3-4-20(21)22/h3-5,8,17H,6-7,9-16,18H2,1-2H3. The summed E-state index contributed by atoms with van der Waals surface area (Å²) in [6, 6.07) is 8.09. The molecule has 0 saturated carbocycles. The first-order valence-electron chi connectivity index (χ1n) is 11.7. The number of aromatic nitrogens is 1. The lowest BCUT2D eigenvalue weighted by atomic mass is 10.0. The number of hydrogen-bond acceptors (Lipinski definition) is 7. The van der Waals surface area contributed by atoms with Gasteiger partial charge >= 0.3 is 0 Å². The van der Waals surface area contributed by atoms with Gasteiger partial charge in [0.05, 0.1) is 12.1 Å². The number of benzene rings is 1. The number of piperidine rings is 1. The van der Waals surface area contributed by atoms with Crippen molar-refractivity contribution in [1.29, 1.82) is 0 Å².